The van der Waals surface area contributed by atoms with E-state index in [0.29, 0.717) is 25.5 Å². The van der Waals surface area contributed by atoms with Gasteiger partial charge in [-0.2, -0.15) is 11.8 Å². The zero-order chi connectivity index (χ0) is 23.2. The number of likely N-dealkylation sites (N-methyl/N-ethyl adjacent to an activating group) is 1. The summed E-state index contributed by atoms with van der Waals surface area (Å²) in [5.41, 5.74) is 1.83. The second-order valence-electron chi connectivity index (χ2n) is 10.5. The van der Waals surface area contributed by atoms with Crippen LogP contribution in [0, 0.1) is 11.3 Å². The highest BCUT2D eigenvalue weighted by Crippen LogP contribution is 2.64. The molecule has 5 atom stereocenters. The molecule has 6 bridgehead atoms. The first kappa shape index (κ1) is 23.2. The van der Waals surface area contributed by atoms with Crippen molar-refractivity contribution in [1.82, 2.24) is 4.90 Å². The Hall–Kier alpha value is -1.53. The Morgan fingerprint density at radius 1 is 1.24 bits per heavy atom. The van der Waals surface area contributed by atoms with E-state index < -0.39 is 5.41 Å². The Morgan fingerprint density at radius 3 is 2.88 bits per heavy atom. The summed E-state index contributed by atoms with van der Waals surface area (Å²) < 4.78 is 11.7. The lowest BCUT2D eigenvalue weighted by molar-refractivity contribution is -0.190. The Kier molecular flexibility index (Phi) is 6.28. The summed E-state index contributed by atoms with van der Waals surface area (Å²) in [4.78, 5) is 29.7. The summed E-state index contributed by atoms with van der Waals surface area (Å²) >= 11 is 1.67. The summed E-state index contributed by atoms with van der Waals surface area (Å²) in [6, 6.07) is 6.94. The molecule has 1 saturated carbocycles. The van der Waals surface area contributed by atoms with Crippen LogP contribution in [0.15, 0.2) is 18.2 Å². The highest BCUT2D eigenvalue weighted by molar-refractivity contribution is 7.98. The molecule has 1 aromatic rings. The lowest BCUT2D eigenvalue weighted by atomic mass is 9.43. The number of thioether (sulfide) groups is 1. The van der Waals surface area contributed by atoms with Crippen LogP contribution in [-0.4, -0.2) is 61.0 Å². The van der Waals surface area contributed by atoms with Gasteiger partial charge in [0.1, 0.15) is 11.2 Å². The molecule has 5 nitrogen and oxygen atoms in total. The lowest BCUT2D eigenvalue weighted by Crippen LogP contribution is -2.75. The summed E-state index contributed by atoms with van der Waals surface area (Å²) in [5, 5.41) is 0. The van der Waals surface area contributed by atoms with Gasteiger partial charge in [0.15, 0.2) is 5.78 Å². The van der Waals surface area contributed by atoms with Crippen molar-refractivity contribution in [3.63, 3.8) is 0 Å². The van der Waals surface area contributed by atoms with E-state index in [2.05, 4.69) is 30.1 Å². The van der Waals surface area contributed by atoms with Gasteiger partial charge in [-0.1, -0.05) is 18.9 Å². The number of nitrogens with zero attached hydrogens (tertiary/aromatic N) is 1. The number of esters is 1. The van der Waals surface area contributed by atoms with E-state index in [4.69, 9.17) is 9.47 Å². The van der Waals surface area contributed by atoms with Crippen molar-refractivity contribution in [2.24, 2.45) is 11.3 Å². The van der Waals surface area contributed by atoms with Gasteiger partial charge >= 0.3 is 5.97 Å². The molecule has 0 radical (unpaired) electrons. The Balaban J connectivity index is 1.62. The third kappa shape index (κ3) is 3.46. The molecule has 0 N–H and O–H groups in total. The van der Waals surface area contributed by atoms with E-state index in [1.807, 2.05) is 13.2 Å². The first-order valence-electron chi connectivity index (χ1n) is 12.7. The van der Waals surface area contributed by atoms with Gasteiger partial charge in [0, 0.05) is 23.9 Å². The molecule has 1 aromatic carbocycles. The van der Waals surface area contributed by atoms with Crippen molar-refractivity contribution in [3.05, 3.63) is 29.3 Å². The number of benzene rings is 1. The third-order valence-electron chi connectivity index (χ3n) is 9.11. The molecule has 2 aliphatic carbocycles. The summed E-state index contributed by atoms with van der Waals surface area (Å²) in [6.07, 6.45) is 9.44. The zero-order valence-corrected chi connectivity index (χ0v) is 21.0. The number of hydrogen-bond donors (Lipinski definition) is 0. The number of hydrogen-bond acceptors (Lipinski definition) is 6. The zero-order valence-electron chi connectivity index (χ0n) is 20.2. The predicted molar refractivity (Wildman–Crippen MR) is 131 cm³/mol. The number of carbonyl (C=O) groups excluding carboxylic acids is 2. The second kappa shape index (κ2) is 8.92. The largest absolute Gasteiger partial charge is 0.494 e. The molecule has 6 heteroatoms. The normalized spacial score (nSPS) is 34.9. The van der Waals surface area contributed by atoms with Crippen LogP contribution in [-0.2, 0) is 26.2 Å². The molecule has 5 aliphatic rings. The van der Waals surface area contributed by atoms with Gasteiger partial charge in [-0.25, -0.2) is 0 Å². The van der Waals surface area contributed by atoms with Crippen LogP contribution in [0.2, 0.25) is 0 Å². The van der Waals surface area contributed by atoms with Crippen molar-refractivity contribution in [2.75, 3.05) is 32.3 Å². The van der Waals surface area contributed by atoms with Gasteiger partial charge in [-0.3, -0.25) is 14.5 Å². The van der Waals surface area contributed by atoms with Crippen molar-refractivity contribution in [3.8, 4) is 5.75 Å². The summed E-state index contributed by atoms with van der Waals surface area (Å²) in [7, 11) is 2.15. The Bertz CT molecular complexity index is 935. The second-order valence-corrected chi connectivity index (χ2v) is 11.4. The minimum absolute atomic E-state index is 0.0158. The van der Waals surface area contributed by atoms with Crippen LogP contribution < -0.4 is 4.74 Å². The van der Waals surface area contributed by atoms with E-state index in [0.717, 1.165) is 50.2 Å². The highest BCUT2D eigenvalue weighted by atomic mass is 32.2. The minimum atomic E-state index is -1.03. The van der Waals surface area contributed by atoms with Crippen LogP contribution in [0.1, 0.15) is 63.0 Å². The van der Waals surface area contributed by atoms with Crippen LogP contribution in [0.4, 0.5) is 0 Å². The number of Topliss-reactive ketones (excluding diaryl/α,β-unsaturated/α-hetero) is 1. The van der Waals surface area contributed by atoms with Crippen LogP contribution >= 0.6 is 11.8 Å². The van der Waals surface area contributed by atoms with Crippen molar-refractivity contribution in [2.45, 2.75) is 75.8 Å². The summed E-state index contributed by atoms with van der Waals surface area (Å²) in [5.74, 6) is 1.79. The molecular weight excluding hydrogens is 434 g/mol. The van der Waals surface area contributed by atoms with Crippen LogP contribution in [0.25, 0.3) is 0 Å². The van der Waals surface area contributed by atoms with Gasteiger partial charge in [0.05, 0.1) is 13.2 Å². The van der Waals surface area contributed by atoms with Crippen LogP contribution in [0.3, 0.4) is 0 Å². The van der Waals surface area contributed by atoms with E-state index >= 15 is 0 Å². The maximum Gasteiger partial charge on any atom is 0.321 e. The van der Waals surface area contributed by atoms with Gasteiger partial charge in [0.2, 0.25) is 0 Å². The first-order valence-corrected chi connectivity index (χ1v) is 14.0. The molecule has 3 fully saturated rings. The molecule has 3 heterocycles. The molecule has 2 saturated heterocycles. The average Bonchev–Trinajstić information content (AvgIpc) is 2.82. The maximum absolute atomic E-state index is 13.8. The molecule has 180 valence electrons. The monoisotopic (exact) mass is 471 g/mol. The number of carbonyl (C=O) groups is 2. The van der Waals surface area contributed by atoms with Gasteiger partial charge in [-0.15, -0.1) is 0 Å². The SMILES string of the molecule is CCOC(=O)C1(C(=O)CCSC)CC2C3Cc4ccc5cc4[C@@]2(CCCCCO5)CC1N3C. The Labute approximate surface area is 202 Å². The number of fused-ring (bicyclic) bond motifs is 2. The number of ketones is 1. The van der Waals surface area contributed by atoms with E-state index in [1.54, 1.807) is 11.8 Å². The average molecular weight is 472 g/mol. The molecule has 1 spiro atoms. The molecule has 0 aromatic heterocycles. The maximum atomic E-state index is 13.8. The molecule has 33 heavy (non-hydrogen) atoms. The van der Waals surface area contributed by atoms with Gasteiger partial charge in [0.25, 0.3) is 0 Å². The van der Waals surface area contributed by atoms with Gasteiger partial charge in [-0.05, 0) is 87.3 Å². The third-order valence-corrected chi connectivity index (χ3v) is 9.72. The van der Waals surface area contributed by atoms with E-state index in [9.17, 15) is 9.59 Å². The molecular formula is C27H37NO4S. The Morgan fingerprint density at radius 2 is 2.09 bits per heavy atom. The van der Waals surface area contributed by atoms with Crippen molar-refractivity contribution >= 4 is 23.5 Å². The fourth-order valence-corrected chi connectivity index (χ4v) is 8.00. The van der Waals surface area contributed by atoms with E-state index in [-0.39, 0.29) is 29.1 Å². The smallest absolute Gasteiger partial charge is 0.321 e. The lowest BCUT2D eigenvalue weighted by Gasteiger charge is -2.67. The first-order chi connectivity index (χ1) is 16.0. The summed E-state index contributed by atoms with van der Waals surface area (Å²) in [6.45, 7) is 2.93. The molecule has 0 amide bonds. The van der Waals surface area contributed by atoms with E-state index in [1.165, 1.54) is 17.5 Å². The van der Waals surface area contributed by atoms with Crippen LogP contribution in [0.5, 0.6) is 5.75 Å². The number of rotatable bonds is 6. The number of piperidine rings is 2. The van der Waals surface area contributed by atoms with Crippen molar-refractivity contribution in [1.29, 1.82) is 0 Å². The predicted octanol–water partition coefficient (Wildman–Crippen LogP) is 4.40. The fraction of sp³-hybridized carbons (Fsp3) is 0.704. The fourth-order valence-electron chi connectivity index (χ4n) is 7.61. The topological polar surface area (TPSA) is 55.8 Å². The van der Waals surface area contributed by atoms with Crippen molar-refractivity contribution < 1.29 is 19.1 Å². The standard InChI is InChI=1S/C27H37NO4S/c1-4-31-25(30)27(24(29)10-13-33-3)16-21-22-14-18-8-9-19-15-20(18)26(21,17-23(27)28(22)2)11-6-5-7-12-32-19/h8-9,15,21-23H,4-7,10-14,16-17H2,1-3H3/t21?,22?,23?,26-,27?/m1/s1. The highest BCUT2D eigenvalue weighted by Gasteiger charge is 2.69. The molecule has 4 unspecified atom stereocenters. The molecule has 6 rings (SSSR count). The molecule has 3 aliphatic heterocycles. The van der Waals surface area contributed by atoms with Gasteiger partial charge < -0.3 is 9.47 Å². The quantitative estimate of drug-likeness (QED) is 0.453. The minimum Gasteiger partial charge on any atom is -0.494 e. The number of ether oxygens (including phenoxy) is 2.